The molecule has 1 atom stereocenters. The van der Waals surface area contributed by atoms with Crippen LogP contribution in [0.25, 0.3) is 0 Å². The topological polar surface area (TPSA) is 105 Å². The Morgan fingerprint density at radius 1 is 1.69 bits per heavy atom. The van der Waals surface area contributed by atoms with Crippen LogP contribution in [0, 0.1) is 0 Å². The summed E-state index contributed by atoms with van der Waals surface area (Å²) in [4.78, 5) is 21.1. The van der Waals surface area contributed by atoms with Crippen molar-refractivity contribution in [2.75, 3.05) is 6.61 Å². The average Bonchev–Trinajstić information content (AvgIpc) is 2.08. The number of aldehydes is 1. The van der Waals surface area contributed by atoms with Crippen LogP contribution in [0.4, 0.5) is 0 Å². The summed E-state index contributed by atoms with van der Waals surface area (Å²) in [7, 11) is 0. The molecular formula is C7H10N2O4. The van der Waals surface area contributed by atoms with Gasteiger partial charge in [-0.1, -0.05) is 6.58 Å². The molecule has 6 heteroatoms. The predicted octanol–water partition coefficient (Wildman–Crippen LogP) is -1.75. The van der Waals surface area contributed by atoms with E-state index in [1.54, 1.807) is 0 Å². The number of hydrogen-bond donors (Lipinski definition) is 2. The van der Waals surface area contributed by atoms with E-state index in [-0.39, 0.29) is 12.9 Å². The highest BCUT2D eigenvalue weighted by Gasteiger charge is 2.36. The fraction of sp³-hybridized carbons (Fsp3) is 0.429. The van der Waals surface area contributed by atoms with Crippen molar-refractivity contribution in [2.45, 2.75) is 12.1 Å². The highest BCUT2D eigenvalue weighted by molar-refractivity contribution is 6.28. The lowest BCUT2D eigenvalue weighted by molar-refractivity contribution is -0.261. The minimum absolute atomic E-state index is 0.00273. The molecule has 1 unspecified atom stereocenters. The van der Waals surface area contributed by atoms with Crippen LogP contribution in [0.15, 0.2) is 12.2 Å². The van der Waals surface area contributed by atoms with E-state index in [9.17, 15) is 9.59 Å². The van der Waals surface area contributed by atoms with Gasteiger partial charge in [-0.2, -0.15) is 0 Å². The highest BCUT2D eigenvalue weighted by atomic mass is 16.7. The fourth-order valence-electron chi connectivity index (χ4n) is 0.904. The molecule has 1 aliphatic heterocycles. The fourth-order valence-corrected chi connectivity index (χ4v) is 0.904. The van der Waals surface area contributed by atoms with E-state index in [1.165, 1.54) is 0 Å². The van der Waals surface area contributed by atoms with Crippen molar-refractivity contribution in [2.24, 2.45) is 11.5 Å². The molecule has 1 rings (SSSR count). The van der Waals surface area contributed by atoms with Crippen LogP contribution in [-0.2, 0) is 19.1 Å². The molecule has 0 aliphatic carbocycles. The quantitative estimate of drug-likeness (QED) is 0.229. The number of nitrogens with two attached hydrogens (primary N) is 2. The van der Waals surface area contributed by atoms with E-state index < -0.39 is 17.9 Å². The second-order valence-corrected chi connectivity index (χ2v) is 2.69. The second-order valence-electron chi connectivity index (χ2n) is 2.69. The number of ether oxygens (including phenoxy) is 2. The molecule has 0 aromatic carbocycles. The number of ketones is 1. The van der Waals surface area contributed by atoms with E-state index in [0.717, 1.165) is 0 Å². The van der Waals surface area contributed by atoms with Crippen molar-refractivity contribution < 1.29 is 19.1 Å². The normalized spacial score (nSPS) is 26.9. The Kier molecular flexibility index (Phi) is 2.58. The van der Waals surface area contributed by atoms with Gasteiger partial charge in [0.05, 0.1) is 6.61 Å². The van der Waals surface area contributed by atoms with Gasteiger partial charge in [0.1, 0.15) is 0 Å². The molecular weight excluding hydrogens is 176 g/mol. The summed E-state index contributed by atoms with van der Waals surface area (Å²) in [6.07, 6.45) is -0.960. The van der Waals surface area contributed by atoms with Crippen molar-refractivity contribution in [1.82, 2.24) is 0 Å². The van der Waals surface area contributed by atoms with Crippen LogP contribution >= 0.6 is 0 Å². The van der Waals surface area contributed by atoms with Crippen LogP contribution in [0.2, 0.25) is 0 Å². The van der Waals surface area contributed by atoms with E-state index >= 15 is 0 Å². The number of carbonyl (C=O) groups is 2. The van der Waals surface area contributed by atoms with Gasteiger partial charge in [-0.15, -0.1) is 0 Å². The average molecular weight is 186 g/mol. The van der Waals surface area contributed by atoms with E-state index in [1.807, 2.05) is 0 Å². The van der Waals surface area contributed by atoms with Gasteiger partial charge in [0.25, 0.3) is 6.03 Å². The first-order valence-electron chi connectivity index (χ1n) is 3.52. The predicted molar refractivity (Wildman–Crippen MR) is 42.1 cm³/mol. The molecule has 1 heterocycles. The number of Topliss-reactive ketones (excluding diaryl/α,β-unsaturated/α-hetero) is 1. The molecule has 1 aliphatic rings. The van der Waals surface area contributed by atoms with Crippen LogP contribution in [0.1, 0.15) is 0 Å². The maximum atomic E-state index is 10.9. The molecule has 1 fully saturated rings. The van der Waals surface area contributed by atoms with E-state index in [4.69, 9.17) is 20.9 Å². The molecule has 0 radical (unpaired) electrons. The summed E-state index contributed by atoms with van der Waals surface area (Å²) in [5.74, 6) is -0.770. The minimum Gasteiger partial charge on any atom is -0.320 e. The molecule has 72 valence electrons. The Morgan fingerprint density at radius 3 is 2.85 bits per heavy atom. The van der Waals surface area contributed by atoms with Gasteiger partial charge in [-0.25, -0.2) is 0 Å². The van der Waals surface area contributed by atoms with Gasteiger partial charge in [-0.05, 0) is 5.57 Å². The van der Waals surface area contributed by atoms with Crippen LogP contribution < -0.4 is 11.5 Å². The lowest BCUT2D eigenvalue weighted by atomic mass is 10.1. The summed E-state index contributed by atoms with van der Waals surface area (Å²) < 4.78 is 9.56. The number of rotatable bonds is 2. The molecule has 0 saturated carbocycles. The van der Waals surface area contributed by atoms with Crippen LogP contribution in [0.3, 0.4) is 0 Å². The second kappa shape index (κ2) is 3.35. The summed E-state index contributed by atoms with van der Waals surface area (Å²) in [6.45, 7) is 3.49. The minimum atomic E-state index is -1.83. The van der Waals surface area contributed by atoms with Gasteiger partial charge >= 0.3 is 0 Å². The summed E-state index contributed by atoms with van der Waals surface area (Å²) in [5.41, 5.74) is 10.8. The zero-order chi connectivity index (χ0) is 10.1. The smallest absolute Gasteiger partial charge is 0.287 e. The molecule has 0 aromatic heterocycles. The number of hydrogen-bond acceptors (Lipinski definition) is 6. The third-order valence-electron chi connectivity index (χ3n) is 1.53. The van der Waals surface area contributed by atoms with Crippen LogP contribution in [-0.4, -0.2) is 30.8 Å². The monoisotopic (exact) mass is 186 g/mol. The largest absolute Gasteiger partial charge is 0.320 e. The maximum Gasteiger partial charge on any atom is 0.287 e. The summed E-state index contributed by atoms with van der Waals surface area (Å²) in [5, 5.41) is 0. The van der Waals surface area contributed by atoms with Crippen molar-refractivity contribution in [3.05, 3.63) is 12.2 Å². The highest BCUT2D eigenvalue weighted by Crippen LogP contribution is 2.18. The first kappa shape index (κ1) is 10.0. The van der Waals surface area contributed by atoms with Crippen molar-refractivity contribution in [1.29, 1.82) is 0 Å². The van der Waals surface area contributed by atoms with Gasteiger partial charge in [0.15, 0.2) is 12.4 Å². The lowest BCUT2D eigenvalue weighted by Crippen LogP contribution is -2.61. The molecule has 0 aromatic rings. The summed E-state index contributed by atoms with van der Waals surface area (Å²) in [6, 6.07) is -1.83. The lowest BCUT2D eigenvalue weighted by Gasteiger charge is -2.34. The first-order chi connectivity index (χ1) is 5.96. The third kappa shape index (κ3) is 2.19. The van der Waals surface area contributed by atoms with Crippen molar-refractivity contribution in [3.63, 3.8) is 0 Å². The Balaban J connectivity index is 2.77. The summed E-state index contributed by atoms with van der Waals surface area (Å²) >= 11 is 0. The Morgan fingerprint density at radius 2 is 2.31 bits per heavy atom. The Bertz CT molecular complexity index is 261. The SMILES string of the molecule is C=C1COC(N)(N)OC1C(=O)C=O. The maximum absolute atomic E-state index is 10.9. The Hall–Kier alpha value is -1.08. The standard InChI is InChI=1S/C7H10N2O4/c1-4-3-12-7(8,9)13-6(4)5(11)2-10/h2,6H,1,3,8-9H2. The molecule has 1 saturated heterocycles. The van der Waals surface area contributed by atoms with Gasteiger partial charge < -0.3 is 9.47 Å². The third-order valence-corrected chi connectivity index (χ3v) is 1.53. The van der Waals surface area contributed by atoms with Crippen LogP contribution in [0.5, 0.6) is 0 Å². The van der Waals surface area contributed by atoms with E-state index in [0.29, 0.717) is 5.57 Å². The molecule has 0 amide bonds. The molecule has 0 bridgehead atoms. The molecule has 13 heavy (non-hydrogen) atoms. The molecule has 6 nitrogen and oxygen atoms in total. The zero-order valence-electron chi connectivity index (χ0n) is 6.86. The van der Waals surface area contributed by atoms with Crippen molar-refractivity contribution >= 4 is 12.1 Å². The number of carbonyl (C=O) groups excluding carboxylic acids is 2. The Labute approximate surface area is 74.5 Å². The first-order valence-corrected chi connectivity index (χ1v) is 3.52. The molecule has 0 spiro atoms. The van der Waals surface area contributed by atoms with Crippen molar-refractivity contribution in [3.8, 4) is 0 Å². The van der Waals surface area contributed by atoms with E-state index in [2.05, 4.69) is 6.58 Å². The molecule has 4 N–H and O–H groups in total. The van der Waals surface area contributed by atoms with Gasteiger partial charge in [0, 0.05) is 0 Å². The van der Waals surface area contributed by atoms with Gasteiger partial charge in [0.2, 0.25) is 5.78 Å². The van der Waals surface area contributed by atoms with Gasteiger partial charge in [-0.3, -0.25) is 21.1 Å². The zero-order valence-corrected chi connectivity index (χ0v) is 6.86.